The Morgan fingerprint density at radius 1 is 1.15 bits per heavy atom. The zero-order chi connectivity index (χ0) is 14.5. The standard InChI is InChI=1S/C17H24N2O/c1-17(2,3)12-6-4-11(5-7-12)16-14(18)10-15(20)19(16)13-8-9-13/h4-7,13-14,16H,8-10,18H2,1-3H3. The van der Waals surface area contributed by atoms with Gasteiger partial charge >= 0.3 is 0 Å². The first kappa shape index (κ1) is 13.6. The molecule has 0 spiro atoms. The fourth-order valence-electron chi connectivity index (χ4n) is 3.15. The van der Waals surface area contributed by atoms with Gasteiger partial charge in [-0.25, -0.2) is 0 Å². The van der Waals surface area contributed by atoms with Crippen molar-refractivity contribution in [2.45, 2.75) is 63.6 Å². The number of nitrogens with two attached hydrogens (primary N) is 1. The van der Waals surface area contributed by atoms with E-state index in [0.29, 0.717) is 12.5 Å². The molecule has 3 heteroatoms. The Bertz CT molecular complexity index is 511. The number of carbonyl (C=O) groups excluding carboxylic acids is 1. The normalized spacial score (nSPS) is 27.2. The molecule has 1 saturated heterocycles. The van der Waals surface area contributed by atoms with Crippen molar-refractivity contribution in [1.82, 2.24) is 4.90 Å². The SMILES string of the molecule is CC(C)(C)c1ccc(C2C(N)CC(=O)N2C2CC2)cc1. The summed E-state index contributed by atoms with van der Waals surface area (Å²) in [5, 5.41) is 0. The summed E-state index contributed by atoms with van der Waals surface area (Å²) >= 11 is 0. The molecular formula is C17H24N2O. The molecule has 1 saturated carbocycles. The molecule has 2 fully saturated rings. The first-order chi connectivity index (χ1) is 9.38. The zero-order valence-electron chi connectivity index (χ0n) is 12.6. The largest absolute Gasteiger partial charge is 0.331 e. The summed E-state index contributed by atoms with van der Waals surface area (Å²) in [6.07, 6.45) is 2.76. The smallest absolute Gasteiger partial charge is 0.225 e. The number of hydrogen-bond acceptors (Lipinski definition) is 2. The minimum atomic E-state index is -0.0661. The van der Waals surface area contributed by atoms with Gasteiger partial charge in [-0.15, -0.1) is 0 Å². The van der Waals surface area contributed by atoms with Gasteiger partial charge in [0.15, 0.2) is 0 Å². The highest BCUT2D eigenvalue weighted by molar-refractivity contribution is 5.81. The van der Waals surface area contributed by atoms with Crippen LogP contribution in [0.1, 0.15) is 57.2 Å². The quantitative estimate of drug-likeness (QED) is 0.900. The van der Waals surface area contributed by atoms with Crippen molar-refractivity contribution >= 4 is 5.91 Å². The number of carbonyl (C=O) groups is 1. The lowest BCUT2D eigenvalue weighted by atomic mass is 9.86. The predicted octanol–water partition coefficient (Wildman–Crippen LogP) is 2.75. The van der Waals surface area contributed by atoms with Crippen LogP contribution in [-0.2, 0) is 10.2 Å². The highest BCUT2D eigenvalue weighted by atomic mass is 16.2. The fourth-order valence-corrected chi connectivity index (χ4v) is 3.15. The van der Waals surface area contributed by atoms with Crippen molar-refractivity contribution in [3.8, 4) is 0 Å². The molecule has 1 aromatic carbocycles. The lowest BCUT2D eigenvalue weighted by molar-refractivity contribution is -0.129. The minimum Gasteiger partial charge on any atom is -0.331 e. The maximum atomic E-state index is 12.1. The highest BCUT2D eigenvalue weighted by Crippen LogP contribution is 2.41. The van der Waals surface area contributed by atoms with Gasteiger partial charge in [0.25, 0.3) is 0 Å². The Kier molecular flexibility index (Phi) is 3.13. The van der Waals surface area contributed by atoms with E-state index in [-0.39, 0.29) is 23.4 Å². The van der Waals surface area contributed by atoms with Crippen LogP contribution < -0.4 is 5.73 Å². The molecule has 1 heterocycles. The van der Waals surface area contributed by atoms with Crippen LogP contribution in [-0.4, -0.2) is 22.9 Å². The highest BCUT2D eigenvalue weighted by Gasteiger charge is 2.45. The number of benzene rings is 1. The van der Waals surface area contributed by atoms with Crippen molar-refractivity contribution < 1.29 is 4.79 Å². The van der Waals surface area contributed by atoms with Crippen molar-refractivity contribution in [2.75, 3.05) is 0 Å². The molecule has 1 aliphatic carbocycles. The second kappa shape index (κ2) is 4.59. The van der Waals surface area contributed by atoms with E-state index in [1.807, 2.05) is 4.90 Å². The first-order valence-electron chi connectivity index (χ1n) is 7.55. The molecule has 2 N–H and O–H groups in total. The Balaban J connectivity index is 1.89. The molecule has 2 unspecified atom stereocenters. The number of nitrogens with zero attached hydrogens (tertiary/aromatic N) is 1. The summed E-state index contributed by atoms with van der Waals surface area (Å²) < 4.78 is 0. The maximum absolute atomic E-state index is 12.1. The minimum absolute atomic E-state index is 0.0661. The van der Waals surface area contributed by atoms with E-state index in [9.17, 15) is 4.79 Å². The molecule has 1 aromatic rings. The van der Waals surface area contributed by atoms with E-state index in [1.54, 1.807) is 0 Å². The van der Waals surface area contributed by atoms with Crippen LogP contribution in [0, 0.1) is 0 Å². The van der Waals surface area contributed by atoms with E-state index in [4.69, 9.17) is 5.73 Å². The van der Waals surface area contributed by atoms with Crippen LogP contribution in [0.25, 0.3) is 0 Å². The van der Waals surface area contributed by atoms with E-state index in [1.165, 1.54) is 11.1 Å². The third-order valence-electron chi connectivity index (χ3n) is 4.46. The second-order valence-corrected chi connectivity index (χ2v) is 7.22. The van der Waals surface area contributed by atoms with Gasteiger partial charge in [-0.3, -0.25) is 4.79 Å². The van der Waals surface area contributed by atoms with Gasteiger partial charge in [0.1, 0.15) is 0 Å². The van der Waals surface area contributed by atoms with Gasteiger partial charge < -0.3 is 10.6 Å². The number of amides is 1. The zero-order valence-corrected chi connectivity index (χ0v) is 12.6. The Morgan fingerprint density at radius 2 is 1.75 bits per heavy atom. The molecule has 2 atom stereocenters. The molecule has 3 nitrogen and oxygen atoms in total. The van der Waals surface area contributed by atoms with Gasteiger partial charge in [-0.05, 0) is 29.4 Å². The lowest BCUT2D eigenvalue weighted by Gasteiger charge is -2.28. The van der Waals surface area contributed by atoms with Gasteiger partial charge in [0.2, 0.25) is 5.91 Å². The molecule has 3 rings (SSSR count). The third-order valence-corrected chi connectivity index (χ3v) is 4.46. The van der Waals surface area contributed by atoms with Crippen LogP contribution in [0.3, 0.4) is 0 Å². The molecule has 1 aliphatic heterocycles. The topological polar surface area (TPSA) is 46.3 Å². The summed E-state index contributed by atoms with van der Waals surface area (Å²) in [5.41, 5.74) is 8.87. The molecule has 2 aliphatic rings. The van der Waals surface area contributed by atoms with E-state index < -0.39 is 0 Å². The molecular weight excluding hydrogens is 248 g/mol. The summed E-state index contributed by atoms with van der Waals surface area (Å²) in [6.45, 7) is 6.63. The summed E-state index contributed by atoms with van der Waals surface area (Å²) in [4.78, 5) is 14.2. The molecule has 0 aromatic heterocycles. The third kappa shape index (κ3) is 2.35. The maximum Gasteiger partial charge on any atom is 0.225 e. The van der Waals surface area contributed by atoms with Crippen LogP contribution in [0.5, 0.6) is 0 Å². The number of likely N-dealkylation sites (tertiary alicyclic amines) is 1. The van der Waals surface area contributed by atoms with Crippen molar-refractivity contribution in [2.24, 2.45) is 5.73 Å². The predicted molar refractivity (Wildman–Crippen MR) is 80.3 cm³/mol. The average molecular weight is 272 g/mol. The monoisotopic (exact) mass is 272 g/mol. The molecule has 0 radical (unpaired) electrons. The lowest BCUT2D eigenvalue weighted by Crippen LogP contribution is -2.34. The van der Waals surface area contributed by atoms with E-state index >= 15 is 0 Å². The van der Waals surface area contributed by atoms with Gasteiger partial charge in [-0.2, -0.15) is 0 Å². The van der Waals surface area contributed by atoms with Crippen molar-refractivity contribution in [3.63, 3.8) is 0 Å². The summed E-state index contributed by atoms with van der Waals surface area (Å²) in [6, 6.07) is 9.10. The van der Waals surface area contributed by atoms with Crippen LogP contribution in [0.4, 0.5) is 0 Å². The van der Waals surface area contributed by atoms with Crippen LogP contribution in [0.2, 0.25) is 0 Å². The van der Waals surface area contributed by atoms with E-state index in [0.717, 1.165) is 12.8 Å². The Labute approximate surface area is 121 Å². The first-order valence-corrected chi connectivity index (χ1v) is 7.55. The molecule has 1 amide bonds. The summed E-state index contributed by atoms with van der Waals surface area (Å²) in [7, 11) is 0. The number of rotatable bonds is 2. The molecule has 108 valence electrons. The number of hydrogen-bond donors (Lipinski definition) is 1. The fraction of sp³-hybridized carbons (Fsp3) is 0.588. The van der Waals surface area contributed by atoms with Crippen LogP contribution >= 0.6 is 0 Å². The van der Waals surface area contributed by atoms with E-state index in [2.05, 4.69) is 45.0 Å². The van der Waals surface area contributed by atoms with Gasteiger partial charge in [-0.1, -0.05) is 45.0 Å². The summed E-state index contributed by atoms with van der Waals surface area (Å²) in [5.74, 6) is 0.227. The van der Waals surface area contributed by atoms with Crippen molar-refractivity contribution in [1.29, 1.82) is 0 Å². The van der Waals surface area contributed by atoms with Crippen LogP contribution in [0.15, 0.2) is 24.3 Å². The Hall–Kier alpha value is -1.35. The molecule has 20 heavy (non-hydrogen) atoms. The van der Waals surface area contributed by atoms with Gasteiger partial charge in [0.05, 0.1) is 6.04 Å². The molecule has 0 bridgehead atoms. The van der Waals surface area contributed by atoms with Gasteiger partial charge in [0, 0.05) is 18.5 Å². The van der Waals surface area contributed by atoms with Crippen molar-refractivity contribution in [3.05, 3.63) is 35.4 Å². The second-order valence-electron chi connectivity index (χ2n) is 7.22. The average Bonchev–Trinajstić information content (AvgIpc) is 3.14. The Morgan fingerprint density at radius 3 is 2.25 bits per heavy atom.